The molecule has 0 saturated carbocycles. The van der Waals surface area contributed by atoms with Crippen LogP contribution in [0.3, 0.4) is 0 Å². The summed E-state index contributed by atoms with van der Waals surface area (Å²) in [6.45, 7) is -0.103. The molecule has 0 spiro atoms. The molecule has 0 radical (unpaired) electrons. The van der Waals surface area contributed by atoms with Gasteiger partial charge in [-0.2, -0.15) is 11.8 Å². The summed E-state index contributed by atoms with van der Waals surface area (Å²) in [5.41, 5.74) is 6.31. The van der Waals surface area contributed by atoms with E-state index in [9.17, 15) is 9.59 Å². The van der Waals surface area contributed by atoms with E-state index >= 15 is 0 Å². The number of benzene rings is 1. The average Bonchev–Trinajstić information content (AvgIpc) is 2.44. The number of carbonyl (C=O) groups is 2. The van der Waals surface area contributed by atoms with Crippen LogP contribution >= 0.6 is 35.8 Å². The lowest BCUT2D eigenvalue weighted by Gasteiger charge is -2.11. The van der Waals surface area contributed by atoms with Crippen LogP contribution in [0.1, 0.15) is 6.42 Å². The van der Waals surface area contributed by atoms with Crippen LogP contribution in [0.5, 0.6) is 0 Å². The van der Waals surface area contributed by atoms with Gasteiger partial charge in [0.1, 0.15) is 0 Å². The van der Waals surface area contributed by atoms with E-state index in [1.165, 1.54) is 0 Å². The largest absolute Gasteiger partial charge is 0.346 e. The zero-order valence-corrected chi connectivity index (χ0v) is 14.0. The molecule has 0 aromatic heterocycles. The number of nitrogens with two attached hydrogens (primary N) is 1. The number of rotatable bonds is 7. The van der Waals surface area contributed by atoms with Crippen molar-refractivity contribution in [3.05, 3.63) is 29.3 Å². The third-order valence-electron chi connectivity index (χ3n) is 2.52. The van der Waals surface area contributed by atoms with Gasteiger partial charge in [-0.3, -0.25) is 9.59 Å². The lowest BCUT2D eigenvalue weighted by Crippen LogP contribution is -2.43. The van der Waals surface area contributed by atoms with Gasteiger partial charge in [0.15, 0.2) is 0 Å². The number of carbonyl (C=O) groups excluding carboxylic acids is 2. The molecular weight excluding hydrogens is 333 g/mol. The van der Waals surface area contributed by atoms with E-state index in [-0.39, 0.29) is 30.8 Å². The minimum Gasteiger partial charge on any atom is -0.346 e. The highest BCUT2D eigenvalue weighted by molar-refractivity contribution is 7.98. The summed E-state index contributed by atoms with van der Waals surface area (Å²) in [4.78, 5) is 23.2. The van der Waals surface area contributed by atoms with Gasteiger partial charge in [0.05, 0.1) is 12.6 Å². The second-order valence-electron chi connectivity index (χ2n) is 4.16. The van der Waals surface area contributed by atoms with Gasteiger partial charge in [0.25, 0.3) is 0 Å². The highest BCUT2D eigenvalue weighted by Crippen LogP contribution is 2.12. The van der Waals surface area contributed by atoms with Gasteiger partial charge in [0, 0.05) is 10.7 Å². The van der Waals surface area contributed by atoms with Crippen LogP contribution in [0.15, 0.2) is 24.3 Å². The summed E-state index contributed by atoms with van der Waals surface area (Å²) < 4.78 is 0. The van der Waals surface area contributed by atoms with Gasteiger partial charge >= 0.3 is 0 Å². The van der Waals surface area contributed by atoms with Crippen LogP contribution in [0.2, 0.25) is 5.02 Å². The van der Waals surface area contributed by atoms with Gasteiger partial charge in [0.2, 0.25) is 11.8 Å². The number of anilines is 1. The van der Waals surface area contributed by atoms with Crippen molar-refractivity contribution in [2.75, 3.05) is 23.9 Å². The molecule has 0 unspecified atom stereocenters. The fourth-order valence-corrected chi connectivity index (χ4v) is 2.03. The van der Waals surface area contributed by atoms with Crippen molar-refractivity contribution in [3.63, 3.8) is 0 Å². The van der Waals surface area contributed by atoms with Gasteiger partial charge < -0.3 is 16.4 Å². The Kier molecular flexibility index (Phi) is 10.2. The quantitative estimate of drug-likeness (QED) is 0.700. The second-order valence-corrected chi connectivity index (χ2v) is 5.58. The van der Waals surface area contributed by atoms with Crippen molar-refractivity contribution in [1.82, 2.24) is 5.32 Å². The number of halogens is 2. The van der Waals surface area contributed by atoms with E-state index in [2.05, 4.69) is 10.6 Å². The summed E-state index contributed by atoms with van der Waals surface area (Å²) in [7, 11) is 0. The molecule has 0 aliphatic carbocycles. The average molecular weight is 352 g/mol. The minimum absolute atomic E-state index is 0. The molecule has 1 aromatic carbocycles. The fourth-order valence-electron chi connectivity index (χ4n) is 1.41. The summed E-state index contributed by atoms with van der Waals surface area (Å²) in [5, 5.41) is 5.75. The summed E-state index contributed by atoms with van der Waals surface area (Å²) >= 11 is 7.37. The molecule has 0 aliphatic heterocycles. The maximum Gasteiger partial charge on any atom is 0.243 e. The van der Waals surface area contributed by atoms with Gasteiger partial charge in [-0.25, -0.2) is 0 Å². The topological polar surface area (TPSA) is 84.2 Å². The number of nitrogens with one attached hydrogen (secondary N) is 2. The van der Waals surface area contributed by atoms with Crippen molar-refractivity contribution >= 4 is 53.3 Å². The molecular formula is C13H19Cl2N3O2S. The lowest BCUT2D eigenvalue weighted by atomic mass is 10.2. The fraction of sp³-hybridized carbons (Fsp3) is 0.385. The van der Waals surface area contributed by atoms with Crippen LogP contribution < -0.4 is 16.4 Å². The molecule has 5 nitrogen and oxygen atoms in total. The Labute approximate surface area is 139 Å². The molecule has 21 heavy (non-hydrogen) atoms. The normalized spacial score (nSPS) is 11.2. The van der Waals surface area contributed by atoms with Crippen LogP contribution in [0.25, 0.3) is 0 Å². The van der Waals surface area contributed by atoms with E-state index < -0.39 is 6.04 Å². The van der Waals surface area contributed by atoms with E-state index in [1.54, 1.807) is 36.0 Å². The third-order valence-corrected chi connectivity index (χ3v) is 3.42. The predicted octanol–water partition coefficient (Wildman–Crippen LogP) is 1.90. The maximum atomic E-state index is 11.6. The molecule has 0 heterocycles. The standard InChI is InChI=1S/C13H18ClN3O2S.ClH/c1-20-7-6-11(15)13(19)16-8-12(18)17-10-4-2-9(14)3-5-10;/h2-5,11H,6-8,15H2,1H3,(H,16,19)(H,17,18);1H/t11-;/m0./s1. The SMILES string of the molecule is CSCC[C@H](N)C(=O)NCC(=O)Nc1ccc(Cl)cc1.Cl. The number of hydrogen-bond acceptors (Lipinski definition) is 4. The third kappa shape index (κ3) is 8.16. The molecule has 0 fully saturated rings. The minimum atomic E-state index is -0.578. The van der Waals surface area contributed by atoms with E-state index in [0.717, 1.165) is 5.75 Å². The van der Waals surface area contributed by atoms with Crippen molar-refractivity contribution in [2.24, 2.45) is 5.73 Å². The van der Waals surface area contributed by atoms with Crippen LogP contribution in [-0.2, 0) is 9.59 Å². The molecule has 8 heteroatoms. The second kappa shape index (κ2) is 10.7. The Morgan fingerprint density at radius 3 is 2.52 bits per heavy atom. The Bertz CT molecular complexity index is 457. The monoisotopic (exact) mass is 351 g/mol. The number of thioether (sulfide) groups is 1. The number of amides is 2. The molecule has 0 bridgehead atoms. The van der Waals surface area contributed by atoms with Crippen molar-refractivity contribution in [1.29, 1.82) is 0 Å². The molecule has 1 aromatic rings. The summed E-state index contributed by atoms with van der Waals surface area (Å²) in [6.07, 6.45) is 2.54. The molecule has 2 amide bonds. The lowest BCUT2D eigenvalue weighted by molar-refractivity contribution is -0.125. The highest BCUT2D eigenvalue weighted by Gasteiger charge is 2.13. The Hall–Kier alpha value is -0.950. The maximum absolute atomic E-state index is 11.6. The van der Waals surface area contributed by atoms with Crippen LogP contribution in [0, 0.1) is 0 Å². The van der Waals surface area contributed by atoms with Gasteiger partial charge in [-0.15, -0.1) is 12.4 Å². The van der Waals surface area contributed by atoms with E-state index in [0.29, 0.717) is 17.1 Å². The number of hydrogen-bond donors (Lipinski definition) is 3. The first-order chi connectivity index (χ1) is 9.52. The molecule has 118 valence electrons. The Balaban J connectivity index is 0.00000400. The van der Waals surface area contributed by atoms with Crippen molar-refractivity contribution < 1.29 is 9.59 Å². The van der Waals surface area contributed by atoms with Gasteiger partial charge in [-0.05, 0) is 42.7 Å². The summed E-state index contributed by atoms with van der Waals surface area (Å²) in [6, 6.07) is 6.14. The summed E-state index contributed by atoms with van der Waals surface area (Å²) in [5.74, 6) is 0.189. The first-order valence-corrected chi connectivity index (χ1v) is 7.87. The predicted molar refractivity (Wildman–Crippen MR) is 91.3 cm³/mol. The smallest absolute Gasteiger partial charge is 0.243 e. The highest BCUT2D eigenvalue weighted by atomic mass is 35.5. The van der Waals surface area contributed by atoms with E-state index in [4.69, 9.17) is 17.3 Å². The molecule has 1 rings (SSSR count). The Morgan fingerprint density at radius 2 is 1.95 bits per heavy atom. The van der Waals surface area contributed by atoms with E-state index in [1.807, 2.05) is 6.26 Å². The zero-order valence-electron chi connectivity index (χ0n) is 11.6. The van der Waals surface area contributed by atoms with Gasteiger partial charge in [-0.1, -0.05) is 11.6 Å². The molecule has 4 N–H and O–H groups in total. The van der Waals surface area contributed by atoms with Crippen LogP contribution in [-0.4, -0.2) is 36.4 Å². The molecule has 0 aliphatic rings. The van der Waals surface area contributed by atoms with Crippen LogP contribution in [0.4, 0.5) is 5.69 Å². The van der Waals surface area contributed by atoms with Crippen molar-refractivity contribution in [2.45, 2.75) is 12.5 Å². The first kappa shape index (κ1) is 20.1. The first-order valence-electron chi connectivity index (χ1n) is 6.10. The molecule has 1 atom stereocenters. The Morgan fingerprint density at radius 1 is 1.33 bits per heavy atom. The molecule has 0 saturated heterocycles. The van der Waals surface area contributed by atoms with Crippen molar-refractivity contribution in [3.8, 4) is 0 Å². The zero-order chi connectivity index (χ0) is 15.0.